The first-order valence-electron chi connectivity index (χ1n) is 7.60. The Hall–Kier alpha value is -0.850. The van der Waals surface area contributed by atoms with Crippen molar-refractivity contribution >= 4 is 40.1 Å². The molecule has 0 saturated carbocycles. The molecule has 0 radical (unpaired) electrons. The maximum atomic E-state index is 12.5. The number of piperazine rings is 1. The van der Waals surface area contributed by atoms with Crippen molar-refractivity contribution in [2.45, 2.75) is 12.8 Å². The summed E-state index contributed by atoms with van der Waals surface area (Å²) in [7, 11) is 0. The average molecular weight is 390 g/mol. The lowest BCUT2D eigenvalue weighted by atomic mass is 9.96. The van der Waals surface area contributed by atoms with Crippen molar-refractivity contribution in [2.24, 2.45) is 5.92 Å². The average Bonchev–Trinajstić information content (AvgIpc) is 2.56. The lowest BCUT2D eigenvalue weighted by Gasteiger charge is -2.37. The van der Waals surface area contributed by atoms with E-state index < -0.39 is 0 Å². The minimum atomic E-state index is 0. The molecule has 7 heteroatoms. The third kappa shape index (κ3) is 4.12. The summed E-state index contributed by atoms with van der Waals surface area (Å²) >= 11 is 3.40. The van der Waals surface area contributed by atoms with Gasteiger partial charge >= 0.3 is 0 Å². The zero-order chi connectivity index (χ0) is 14.7. The lowest BCUT2D eigenvalue weighted by Crippen LogP contribution is -2.51. The number of halogens is 2. The van der Waals surface area contributed by atoms with Crippen LogP contribution in [0.3, 0.4) is 0 Å². The van der Waals surface area contributed by atoms with Gasteiger partial charge in [-0.1, -0.05) is 0 Å². The number of amides is 1. The number of carbonyl (C=O) groups excluding carboxylic acids is 1. The molecule has 2 saturated heterocycles. The highest BCUT2D eigenvalue weighted by Gasteiger charge is 2.28. The van der Waals surface area contributed by atoms with Gasteiger partial charge in [-0.05, 0) is 54.0 Å². The minimum Gasteiger partial charge on any atom is -0.353 e. The summed E-state index contributed by atoms with van der Waals surface area (Å²) in [6.07, 6.45) is 3.78. The monoisotopic (exact) mass is 388 g/mol. The van der Waals surface area contributed by atoms with Gasteiger partial charge in [-0.2, -0.15) is 0 Å². The number of anilines is 1. The second kappa shape index (κ2) is 8.13. The van der Waals surface area contributed by atoms with Crippen molar-refractivity contribution in [1.82, 2.24) is 15.2 Å². The molecule has 1 amide bonds. The van der Waals surface area contributed by atoms with Crippen LogP contribution in [0.2, 0.25) is 0 Å². The highest BCUT2D eigenvalue weighted by atomic mass is 79.9. The zero-order valence-electron chi connectivity index (χ0n) is 12.5. The van der Waals surface area contributed by atoms with E-state index in [2.05, 4.69) is 31.1 Å². The van der Waals surface area contributed by atoms with Crippen molar-refractivity contribution in [3.63, 3.8) is 0 Å². The van der Waals surface area contributed by atoms with E-state index in [-0.39, 0.29) is 18.3 Å². The quantitative estimate of drug-likeness (QED) is 0.839. The van der Waals surface area contributed by atoms with E-state index in [9.17, 15) is 4.79 Å². The third-order valence-electron chi connectivity index (χ3n) is 4.32. The van der Waals surface area contributed by atoms with Crippen molar-refractivity contribution in [2.75, 3.05) is 44.2 Å². The predicted octanol–water partition coefficient (Wildman–Crippen LogP) is 1.91. The van der Waals surface area contributed by atoms with Gasteiger partial charge in [0.05, 0.1) is 0 Å². The number of piperidine rings is 1. The Morgan fingerprint density at radius 2 is 1.86 bits per heavy atom. The Kier molecular flexibility index (Phi) is 6.47. The van der Waals surface area contributed by atoms with Gasteiger partial charge in [0.25, 0.3) is 0 Å². The molecule has 1 aromatic heterocycles. The minimum absolute atomic E-state index is 0. The van der Waals surface area contributed by atoms with Gasteiger partial charge in [0.15, 0.2) is 0 Å². The molecule has 2 fully saturated rings. The predicted molar refractivity (Wildman–Crippen MR) is 93.6 cm³/mol. The van der Waals surface area contributed by atoms with Crippen LogP contribution in [0.1, 0.15) is 12.8 Å². The van der Waals surface area contributed by atoms with Crippen LogP contribution in [0.15, 0.2) is 22.8 Å². The smallest absolute Gasteiger partial charge is 0.225 e. The number of aromatic nitrogens is 1. The molecule has 3 heterocycles. The molecular formula is C15H22BrClN4O. The largest absolute Gasteiger partial charge is 0.353 e. The van der Waals surface area contributed by atoms with Gasteiger partial charge in [0.1, 0.15) is 5.82 Å². The van der Waals surface area contributed by atoms with Crippen LogP contribution < -0.4 is 10.2 Å². The Balaban J connectivity index is 0.00000176. The van der Waals surface area contributed by atoms with E-state index >= 15 is 0 Å². The first-order valence-corrected chi connectivity index (χ1v) is 8.39. The van der Waals surface area contributed by atoms with Crippen LogP contribution in [0.25, 0.3) is 0 Å². The number of carbonyl (C=O) groups is 1. The first kappa shape index (κ1) is 17.5. The second-order valence-electron chi connectivity index (χ2n) is 5.67. The SMILES string of the molecule is Cl.O=C(C1CCNCC1)N1CCN(c2ccc(Br)cn2)CC1. The molecule has 22 heavy (non-hydrogen) atoms. The third-order valence-corrected chi connectivity index (χ3v) is 4.78. The Morgan fingerprint density at radius 3 is 2.45 bits per heavy atom. The van der Waals surface area contributed by atoms with Gasteiger partial charge in [-0.15, -0.1) is 12.4 Å². The fourth-order valence-electron chi connectivity index (χ4n) is 3.04. The lowest BCUT2D eigenvalue weighted by molar-refractivity contribution is -0.136. The van der Waals surface area contributed by atoms with Crippen molar-refractivity contribution in [3.05, 3.63) is 22.8 Å². The highest BCUT2D eigenvalue weighted by Crippen LogP contribution is 2.19. The van der Waals surface area contributed by atoms with Crippen LogP contribution in [0.4, 0.5) is 5.82 Å². The van der Waals surface area contributed by atoms with Crippen LogP contribution in [-0.2, 0) is 4.79 Å². The van der Waals surface area contributed by atoms with Crippen LogP contribution in [-0.4, -0.2) is 55.1 Å². The van der Waals surface area contributed by atoms with E-state index in [1.54, 1.807) is 0 Å². The summed E-state index contributed by atoms with van der Waals surface area (Å²) in [5.74, 6) is 1.57. The molecule has 0 aliphatic carbocycles. The molecule has 0 aromatic carbocycles. The molecule has 1 N–H and O–H groups in total. The van der Waals surface area contributed by atoms with Gasteiger partial charge in [0, 0.05) is 42.8 Å². The van der Waals surface area contributed by atoms with Crippen LogP contribution in [0, 0.1) is 5.92 Å². The Labute approximate surface area is 146 Å². The molecule has 0 bridgehead atoms. The maximum absolute atomic E-state index is 12.5. The topological polar surface area (TPSA) is 48.5 Å². The molecule has 0 unspecified atom stereocenters. The van der Waals surface area contributed by atoms with Crippen LogP contribution in [0.5, 0.6) is 0 Å². The molecule has 0 atom stereocenters. The van der Waals surface area contributed by atoms with Crippen molar-refractivity contribution in [3.8, 4) is 0 Å². The van der Waals surface area contributed by atoms with Crippen molar-refractivity contribution < 1.29 is 4.79 Å². The Morgan fingerprint density at radius 1 is 1.18 bits per heavy atom. The second-order valence-corrected chi connectivity index (χ2v) is 6.59. The number of pyridine rings is 1. The molecule has 3 rings (SSSR count). The van der Waals surface area contributed by atoms with Gasteiger partial charge in [0.2, 0.25) is 5.91 Å². The molecule has 2 aliphatic heterocycles. The summed E-state index contributed by atoms with van der Waals surface area (Å²) in [6, 6.07) is 4.03. The number of rotatable bonds is 2. The van der Waals surface area contributed by atoms with E-state index in [1.807, 2.05) is 23.2 Å². The standard InChI is InChI=1S/C15H21BrN4O.ClH/c16-13-1-2-14(18-11-13)19-7-9-20(10-8-19)15(21)12-3-5-17-6-4-12;/h1-2,11-12,17H,3-10H2;1H. The number of hydrogen-bond acceptors (Lipinski definition) is 4. The van der Waals surface area contributed by atoms with Gasteiger partial charge in [-0.3, -0.25) is 4.79 Å². The first-order chi connectivity index (χ1) is 10.2. The zero-order valence-corrected chi connectivity index (χ0v) is 14.9. The highest BCUT2D eigenvalue weighted by molar-refractivity contribution is 9.10. The summed E-state index contributed by atoms with van der Waals surface area (Å²) in [4.78, 5) is 21.2. The summed E-state index contributed by atoms with van der Waals surface area (Å²) < 4.78 is 0.992. The summed E-state index contributed by atoms with van der Waals surface area (Å²) in [5.41, 5.74) is 0. The maximum Gasteiger partial charge on any atom is 0.225 e. The summed E-state index contributed by atoms with van der Waals surface area (Å²) in [5, 5.41) is 3.31. The normalized spacial score (nSPS) is 19.7. The molecule has 122 valence electrons. The van der Waals surface area contributed by atoms with Crippen LogP contribution >= 0.6 is 28.3 Å². The van der Waals surface area contributed by atoms with E-state index in [1.165, 1.54) is 0 Å². The molecule has 5 nitrogen and oxygen atoms in total. The van der Waals surface area contributed by atoms with E-state index in [0.717, 1.165) is 62.4 Å². The summed E-state index contributed by atoms with van der Waals surface area (Å²) in [6.45, 7) is 5.29. The van der Waals surface area contributed by atoms with Crippen molar-refractivity contribution in [1.29, 1.82) is 0 Å². The fraction of sp³-hybridized carbons (Fsp3) is 0.600. The molecule has 0 spiro atoms. The number of hydrogen-bond donors (Lipinski definition) is 1. The van der Waals surface area contributed by atoms with Gasteiger partial charge < -0.3 is 15.1 Å². The van der Waals surface area contributed by atoms with E-state index in [4.69, 9.17) is 0 Å². The molecule has 2 aliphatic rings. The molecular weight excluding hydrogens is 368 g/mol. The van der Waals surface area contributed by atoms with E-state index in [0.29, 0.717) is 5.91 Å². The number of nitrogens with one attached hydrogen (secondary N) is 1. The number of nitrogens with zero attached hydrogens (tertiary/aromatic N) is 3. The Bertz CT molecular complexity index is 485. The fourth-order valence-corrected chi connectivity index (χ4v) is 3.27. The van der Waals surface area contributed by atoms with Gasteiger partial charge in [-0.25, -0.2) is 4.98 Å². The molecule has 1 aromatic rings.